The van der Waals surface area contributed by atoms with Gasteiger partial charge in [-0.25, -0.2) is 4.79 Å². The van der Waals surface area contributed by atoms with Crippen LogP contribution >= 0.6 is 0 Å². The van der Waals surface area contributed by atoms with E-state index in [4.69, 9.17) is 4.74 Å². The van der Waals surface area contributed by atoms with Gasteiger partial charge in [0, 0.05) is 18.3 Å². The Morgan fingerprint density at radius 2 is 1.62 bits per heavy atom. The van der Waals surface area contributed by atoms with E-state index in [-0.39, 0.29) is 5.91 Å². The molecule has 0 aliphatic rings. The van der Waals surface area contributed by atoms with Gasteiger partial charge in [0.2, 0.25) is 0 Å². The fourth-order valence-electron chi connectivity index (χ4n) is 2.84. The summed E-state index contributed by atoms with van der Waals surface area (Å²) in [5.41, 5.74) is 2.58. The zero-order valence-corrected chi connectivity index (χ0v) is 16.1. The summed E-state index contributed by atoms with van der Waals surface area (Å²) >= 11 is 0. The minimum Gasteiger partial charge on any atom is -0.497 e. The van der Waals surface area contributed by atoms with Gasteiger partial charge in [-0.2, -0.15) is 0 Å². The summed E-state index contributed by atoms with van der Waals surface area (Å²) in [6.45, 7) is 0.507. The highest BCUT2D eigenvalue weighted by Gasteiger charge is 2.13. The van der Waals surface area contributed by atoms with Crippen molar-refractivity contribution < 1.29 is 14.3 Å². The number of amides is 3. The minimum absolute atomic E-state index is 0.238. The lowest BCUT2D eigenvalue weighted by atomic mass is 10.1. The molecule has 0 fully saturated rings. The van der Waals surface area contributed by atoms with Crippen LogP contribution in [0.2, 0.25) is 0 Å². The molecule has 3 N–H and O–H groups in total. The number of benzene rings is 3. The third kappa shape index (κ3) is 5.84. The molecule has 3 aromatic carbocycles. The molecule has 29 heavy (non-hydrogen) atoms. The summed E-state index contributed by atoms with van der Waals surface area (Å²) in [6, 6.07) is 23.4. The van der Waals surface area contributed by atoms with Crippen LogP contribution in [0.25, 0.3) is 0 Å². The first-order chi connectivity index (χ1) is 14.2. The second-order valence-electron chi connectivity index (χ2n) is 6.35. The van der Waals surface area contributed by atoms with Crippen molar-refractivity contribution in [3.63, 3.8) is 0 Å². The Kier molecular flexibility index (Phi) is 6.84. The van der Waals surface area contributed by atoms with Gasteiger partial charge in [-0.15, -0.1) is 0 Å². The standard InChI is InChI=1S/C23H23N3O3/c1-29-19-11-7-10-18(16-19)25-23(28)26-21-13-6-5-12-20(21)22(27)24-15-14-17-8-3-2-4-9-17/h2-13,16H,14-15H2,1H3,(H,24,27)(H2,25,26,28). The summed E-state index contributed by atoms with van der Waals surface area (Å²) in [5, 5.41) is 8.37. The van der Waals surface area contributed by atoms with E-state index in [9.17, 15) is 9.59 Å². The van der Waals surface area contributed by atoms with E-state index in [1.54, 1.807) is 55.6 Å². The van der Waals surface area contributed by atoms with Gasteiger partial charge in [0.25, 0.3) is 5.91 Å². The number of rotatable bonds is 7. The van der Waals surface area contributed by atoms with E-state index in [1.807, 2.05) is 30.3 Å². The molecule has 6 heteroatoms. The largest absolute Gasteiger partial charge is 0.497 e. The monoisotopic (exact) mass is 389 g/mol. The number of anilines is 2. The number of carbonyl (C=O) groups is 2. The Morgan fingerprint density at radius 1 is 0.862 bits per heavy atom. The van der Waals surface area contributed by atoms with Crippen LogP contribution in [0.3, 0.4) is 0 Å². The number of ether oxygens (including phenoxy) is 1. The Morgan fingerprint density at radius 3 is 2.41 bits per heavy atom. The lowest BCUT2D eigenvalue weighted by molar-refractivity contribution is 0.0955. The van der Waals surface area contributed by atoms with E-state index in [1.165, 1.54) is 0 Å². The number of para-hydroxylation sites is 1. The van der Waals surface area contributed by atoms with Crippen LogP contribution in [-0.2, 0) is 6.42 Å². The molecular weight excluding hydrogens is 366 g/mol. The van der Waals surface area contributed by atoms with Crippen LogP contribution in [-0.4, -0.2) is 25.6 Å². The molecule has 0 saturated carbocycles. The third-order valence-corrected chi connectivity index (χ3v) is 4.29. The second kappa shape index (κ2) is 9.94. The van der Waals surface area contributed by atoms with E-state index in [0.717, 1.165) is 12.0 Å². The molecule has 6 nitrogen and oxygen atoms in total. The zero-order chi connectivity index (χ0) is 20.5. The Balaban J connectivity index is 1.60. The van der Waals surface area contributed by atoms with Crippen molar-refractivity contribution >= 4 is 23.3 Å². The number of hydrogen-bond donors (Lipinski definition) is 3. The number of urea groups is 1. The van der Waals surface area contributed by atoms with Gasteiger partial charge in [-0.3, -0.25) is 4.79 Å². The summed E-state index contributed by atoms with van der Waals surface area (Å²) in [5.74, 6) is 0.402. The molecule has 0 radical (unpaired) electrons. The Hall–Kier alpha value is -3.80. The molecule has 148 valence electrons. The molecule has 0 aromatic heterocycles. The highest BCUT2D eigenvalue weighted by Crippen LogP contribution is 2.18. The number of methoxy groups -OCH3 is 1. The van der Waals surface area contributed by atoms with Gasteiger partial charge >= 0.3 is 6.03 Å². The topological polar surface area (TPSA) is 79.5 Å². The molecule has 0 atom stereocenters. The molecular formula is C23H23N3O3. The van der Waals surface area contributed by atoms with Crippen molar-refractivity contribution in [1.82, 2.24) is 5.32 Å². The fourth-order valence-corrected chi connectivity index (χ4v) is 2.84. The molecule has 3 amide bonds. The van der Waals surface area contributed by atoms with E-state index in [2.05, 4.69) is 16.0 Å². The van der Waals surface area contributed by atoms with Crippen LogP contribution in [0.5, 0.6) is 5.75 Å². The van der Waals surface area contributed by atoms with Crippen molar-refractivity contribution in [2.24, 2.45) is 0 Å². The van der Waals surface area contributed by atoms with E-state index >= 15 is 0 Å². The maximum atomic E-state index is 12.6. The lowest BCUT2D eigenvalue weighted by Crippen LogP contribution is -2.28. The van der Waals surface area contributed by atoms with Crippen molar-refractivity contribution in [3.05, 3.63) is 90.0 Å². The van der Waals surface area contributed by atoms with Gasteiger partial charge in [0.05, 0.1) is 18.4 Å². The summed E-state index contributed by atoms with van der Waals surface area (Å²) in [7, 11) is 1.56. The highest BCUT2D eigenvalue weighted by molar-refractivity contribution is 6.06. The summed E-state index contributed by atoms with van der Waals surface area (Å²) < 4.78 is 5.15. The lowest BCUT2D eigenvalue weighted by Gasteiger charge is -2.12. The first-order valence-corrected chi connectivity index (χ1v) is 9.29. The smallest absolute Gasteiger partial charge is 0.323 e. The Bertz CT molecular complexity index is 974. The molecule has 0 heterocycles. The van der Waals surface area contributed by atoms with Gasteiger partial charge in [0.1, 0.15) is 5.75 Å². The zero-order valence-electron chi connectivity index (χ0n) is 16.1. The van der Waals surface area contributed by atoms with Crippen LogP contribution in [0.4, 0.5) is 16.2 Å². The molecule has 0 aliphatic heterocycles. The van der Waals surface area contributed by atoms with Crippen molar-refractivity contribution in [2.75, 3.05) is 24.3 Å². The van der Waals surface area contributed by atoms with Crippen LogP contribution < -0.4 is 20.7 Å². The van der Waals surface area contributed by atoms with Crippen LogP contribution in [0, 0.1) is 0 Å². The molecule has 0 spiro atoms. The maximum Gasteiger partial charge on any atom is 0.323 e. The van der Waals surface area contributed by atoms with E-state index in [0.29, 0.717) is 29.2 Å². The van der Waals surface area contributed by atoms with Crippen molar-refractivity contribution in [1.29, 1.82) is 0 Å². The molecule has 0 unspecified atom stereocenters. The molecule has 3 rings (SSSR count). The van der Waals surface area contributed by atoms with Gasteiger partial charge in [-0.05, 0) is 36.2 Å². The molecule has 0 aliphatic carbocycles. The van der Waals surface area contributed by atoms with Crippen molar-refractivity contribution in [2.45, 2.75) is 6.42 Å². The van der Waals surface area contributed by atoms with Gasteiger partial charge < -0.3 is 20.7 Å². The predicted molar refractivity (Wildman–Crippen MR) is 115 cm³/mol. The first kappa shape index (κ1) is 19.9. The third-order valence-electron chi connectivity index (χ3n) is 4.29. The quantitative estimate of drug-likeness (QED) is 0.563. The average molecular weight is 389 g/mol. The number of hydrogen-bond acceptors (Lipinski definition) is 3. The number of nitrogens with one attached hydrogen (secondary N) is 3. The van der Waals surface area contributed by atoms with Gasteiger partial charge in [-0.1, -0.05) is 48.5 Å². The fraction of sp³-hybridized carbons (Fsp3) is 0.130. The van der Waals surface area contributed by atoms with Crippen molar-refractivity contribution in [3.8, 4) is 5.75 Å². The molecule has 3 aromatic rings. The van der Waals surface area contributed by atoms with E-state index < -0.39 is 6.03 Å². The molecule has 0 bridgehead atoms. The minimum atomic E-state index is -0.442. The molecule has 0 saturated heterocycles. The predicted octanol–water partition coefficient (Wildman–Crippen LogP) is 4.31. The summed E-state index contributed by atoms with van der Waals surface area (Å²) in [6.07, 6.45) is 0.735. The maximum absolute atomic E-state index is 12.6. The Labute approximate surface area is 169 Å². The second-order valence-corrected chi connectivity index (χ2v) is 6.35. The first-order valence-electron chi connectivity index (χ1n) is 9.29. The average Bonchev–Trinajstić information content (AvgIpc) is 2.75. The SMILES string of the molecule is COc1cccc(NC(=O)Nc2ccccc2C(=O)NCCc2ccccc2)c1. The van der Waals surface area contributed by atoms with Gasteiger partial charge in [0.15, 0.2) is 0 Å². The van der Waals surface area contributed by atoms with Crippen LogP contribution in [0.1, 0.15) is 15.9 Å². The van der Waals surface area contributed by atoms with Crippen LogP contribution in [0.15, 0.2) is 78.9 Å². The normalized spacial score (nSPS) is 10.1. The highest BCUT2D eigenvalue weighted by atomic mass is 16.5. The number of carbonyl (C=O) groups excluding carboxylic acids is 2. The summed E-state index contributed by atoms with van der Waals surface area (Å²) in [4.78, 5) is 24.9.